The third-order valence-electron chi connectivity index (χ3n) is 4.22. The summed E-state index contributed by atoms with van der Waals surface area (Å²) in [5.41, 5.74) is 5.16. The van der Waals surface area contributed by atoms with Crippen molar-refractivity contribution in [2.75, 3.05) is 20.3 Å². The molecule has 0 bridgehead atoms. The first-order chi connectivity index (χ1) is 13.3. The summed E-state index contributed by atoms with van der Waals surface area (Å²) in [5, 5.41) is 2.82. The van der Waals surface area contributed by atoms with E-state index in [9.17, 15) is 4.79 Å². The molecule has 3 N–H and O–H groups in total. The predicted octanol–water partition coefficient (Wildman–Crippen LogP) is 3.00. The Labute approximate surface area is 155 Å². The highest BCUT2D eigenvalue weighted by atomic mass is 16.5. The maximum absolute atomic E-state index is 12.3. The Bertz CT molecular complexity index is 1060. The lowest BCUT2D eigenvalue weighted by Crippen LogP contribution is -2.26. The third-order valence-corrected chi connectivity index (χ3v) is 4.22. The third kappa shape index (κ3) is 3.45. The lowest BCUT2D eigenvalue weighted by atomic mass is 10.1. The summed E-state index contributed by atoms with van der Waals surface area (Å²) in [6.07, 6.45) is 3.70. The summed E-state index contributed by atoms with van der Waals surface area (Å²) in [5.74, 6) is -0.161. The Morgan fingerprint density at radius 1 is 1.00 bits per heavy atom. The molecular formula is C20H19N5O2. The van der Waals surface area contributed by atoms with Crippen LogP contribution in [0.15, 0.2) is 54.9 Å². The fourth-order valence-corrected chi connectivity index (χ4v) is 2.90. The maximum Gasteiger partial charge on any atom is 0.251 e. The molecule has 0 fully saturated rings. The van der Waals surface area contributed by atoms with Gasteiger partial charge in [-0.05, 0) is 42.5 Å². The van der Waals surface area contributed by atoms with Gasteiger partial charge in [0.05, 0.1) is 29.0 Å². The van der Waals surface area contributed by atoms with Gasteiger partial charge in [0.2, 0.25) is 0 Å². The molecule has 27 heavy (non-hydrogen) atoms. The zero-order valence-electron chi connectivity index (χ0n) is 14.8. The van der Waals surface area contributed by atoms with Crippen molar-refractivity contribution < 1.29 is 9.53 Å². The minimum atomic E-state index is -0.161. The largest absolute Gasteiger partial charge is 0.383 e. The molecule has 0 aliphatic rings. The molecule has 1 amide bonds. The molecule has 4 aromatic rings. The van der Waals surface area contributed by atoms with Gasteiger partial charge >= 0.3 is 0 Å². The van der Waals surface area contributed by atoms with Crippen molar-refractivity contribution in [1.29, 1.82) is 0 Å². The van der Waals surface area contributed by atoms with E-state index in [1.54, 1.807) is 19.2 Å². The highest BCUT2D eigenvalue weighted by Gasteiger charge is 2.15. The van der Waals surface area contributed by atoms with Crippen molar-refractivity contribution in [3.63, 3.8) is 0 Å². The van der Waals surface area contributed by atoms with E-state index in [2.05, 4.69) is 15.3 Å². The van der Waals surface area contributed by atoms with E-state index in [4.69, 9.17) is 14.7 Å². The molecule has 0 aliphatic heterocycles. The number of H-pyrrole nitrogens is 2. The number of hydrogen-bond donors (Lipinski definition) is 3. The van der Waals surface area contributed by atoms with E-state index in [-0.39, 0.29) is 5.91 Å². The Morgan fingerprint density at radius 3 is 2.26 bits per heavy atom. The molecule has 1 aromatic carbocycles. The summed E-state index contributed by atoms with van der Waals surface area (Å²) in [6, 6.07) is 13.1. The normalized spacial score (nSPS) is 11.0. The number of aromatic nitrogens is 4. The van der Waals surface area contributed by atoms with Gasteiger partial charge in [-0.15, -0.1) is 0 Å². The number of nitrogens with one attached hydrogen (secondary N) is 3. The summed E-state index contributed by atoms with van der Waals surface area (Å²) in [4.78, 5) is 28.3. The van der Waals surface area contributed by atoms with Gasteiger partial charge in [0.25, 0.3) is 5.91 Å². The first kappa shape index (κ1) is 17.0. The van der Waals surface area contributed by atoms with Crippen LogP contribution >= 0.6 is 0 Å². The van der Waals surface area contributed by atoms with Crippen molar-refractivity contribution in [1.82, 2.24) is 25.3 Å². The molecule has 0 aliphatic carbocycles. The second-order valence-corrected chi connectivity index (χ2v) is 6.04. The molecule has 4 rings (SSSR count). The van der Waals surface area contributed by atoms with Crippen molar-refractivity contribution in [2.45, 2.75) is 0 Å². The lowest BCUT2D eigenvalue weighted by Gasteiger charge is -2.09. The van der Waals surface area contributed by atoms with Crippen molar-refractivity contribution in [2.24, 2.45) is 0 Å². The molecule has 0 saturated carbocycles. The van der Waals surface area contributed by atoms with Crippen LogP contribution in [0, 0.1) is 0 Å². The molecule has 136 valence electrons. The van der Waals surface area contributed by atoms with Crippen LogP contribution in [-0.4, -0.2) is 46.1 Å². The molecule has 0 radical (unpaired) electrons. The molecule has 3 aromatic heterocycles. The van der Waals surface area contributed by atoms with Gasteiger partial charge in [-0.25, -0.2) is 9.97 Å². The number of rotatable bonds is 6. The Balaban J connectivity index is 1.78. The van der Waals surface area contributed by atoms with E-state index < -0.39 is 0 Å². The van der Waals surface area contributed by atoms with E-state index in [1.807, 2.05) is 42.7 Å². The number of benzene rings is 1. The van der Waals surface area contributed by atoms with Gasteiger partial charge in [-0.1, -0.05) is 0 Å². The Hall–Kier alpha value is -3.45. The van der Waals surface area contributed by atoms with Gasteiger partial charge < -0.3 is 20.0 Å². The fourth-order valence-electron chi connectivity index (χ4n) is 2.90. The minimum Gasteiger partial charge on any atom is -0.383 e. The summed E-state index contributed by atoms with van der Waals surface area (Å²) < 4.78 is 4.96. The summed E-state index contributed by atoms with van der Waals surface area (Å²) >= 11 is 0. The second-order valence-electron chi connectivity index (χ2n) is 6.04. The molecular weight excluding hydrogens is 342 g/mol. The van der Waals surface area contributed by atoms with Crippen molar-refractivity contribution in [3.05, 3.63) is 60.4 Å². The summed E-state index contributed by atoms with van der Waals surface area (Å²) in [6.45, 7) is 0.925. The molecule has 0 atom stereocenters. The Morgan fingerprint density at radius 2 is 1.67 bits per heavy atom. The number of ether oxygens (including phenoxy) is 1. The van der Waals surface area contributed by atoms with Gasteiger partial charge in [-0.2, -0.15) is 0 Å². The van der Waals surface area contributed by atoms with Crippen LogP contribution in [0.4, 0.5) is 0 Å². The van der Waals surface area contributed by atoms with Gasteiger partial charge in [-0.3, -0.25) is 4.79 Å². The standard InChI is InChI=1S/C20H19N5O2/c1-27-11-10-23-20(26)13-6-7-14-17(12-13)25-19(16-5-3-9-22-16)18(24-14)15-4-2-8-21-15/h2-9,12,21-22H,10-11H2,1H3,(H,23,26). The lowest BCUT2D eigenvalue weighted by molar-refractivity contribution is 0.0937. The number of carbonyl (C=O) groups is 1. The van der Waals surface area contributed by atoms with Gasteiger partial charge in [0.15, 0.2) is 0 Å². The topological polar surface area (TPSA) is 95.7 Å². The second kappa shape index (κ2) is 7.43. The van der Waals surface area contributed by atoms with Crippen molar-refractivity contribution in [3.8, 4) is 22.8 Å². The fraction of sp³-hybridized carbons (Fsp3) is 0.150. The van der Waals surface area contributed by atoms with Gasteiger partial charge in [0, 0.05) is 31.6 Å². The maximum atomic E-state index is 12.3. The highest BCUT2D eigenvalue weighted by Crippen LogP contribution is 2.29. The molecule has 3 heterocycles. The quantitative estimate of drug-likeness (QED) is 0.460. The van der Waals surface area contributed by atoms with Crippen LogP contribution in [-0.2, 0) is 4.74 Å². The monoisotopic (exact) mass is 361 g/mol. The molecule has 0 saturated heterocycles. The van der Waals surface area contributed by atoms with Crippen LogP contribution in [0.2, 0.25) is 0 Å². The first-order valence-corrected chi connectivity index (χ1v) is 8.63. The van der Waals surface area contributed by atoms with E-state index in [1.165, 1.54) is 0 Å². The zero-order valence-corrected chi connectivity index (χ0v) is 14.8. The zero-order chi connectivity index (χ0) is 18.6. The van der Waals surface area contributed by atoms with Crippen molar-refractivity contribution >= 4 is 16.9 Å². The van der Waals surface area contributed by atoms with Crippen LogP contribution in [0.3, 0.4) is 0 Å². The highest BCUT2D eigenvalue weighted by molar-refractivity contribution is 5.98. The minimum absolute atomic E-state index is 0.161. The number of nitrogens with zero attached hydrogens (tertiary/aromatic N) is 2. The SMILES string of the molecule is COCCNC(=O)c1ccc2nc(-c3ccc[nH]3)c(-c3ccc[nH]3)nc2c1. The average molecular weight is 361 g/mol. The van der Waals surface area contributed by atoms with Crippen LogP contribution < -0.4 is 5.32 Å². The molecule has 0 unspecified atom stereocenters. The number of fused-ring (bicyclic) bond motifs is 1. The van der Waals surface area contributed by atoms with E-state index in [0.29, 0.717) is 24.2 Å². The number of aromatic amines is 2. The van der Waals surface area contributed by atoms with Gasteiger partial charge in [0.1, 0.15) is 11.4 Å². The molecule has 7 nitrogen and oxygen atoms in total. The van der Waals surface area contributed by atoms with Crippen LogP contribution in [0.5, 0.6) is 0 Å². The smallest absolute Gasteiger partial charge is 0.251 e. The first-order valence-electron chi connectivity index (χ1n) is 8.63. The van der Waals surface area contributed by atoms with Crippen LogP contribution in [0.1, 0.15) is 10.4 Å². The summed E-state index contributed by atoms with van der Waals surface area (Å²) in [7, 11) is 1.60. The molecule has 7 heteroatoms. The Kier molecular flexibility index (Phi) is 4.67. The van der Waals surface area contributed by atoms with E-state index >= 15 is 0 Å². The number of methoxy groups -OCH3 is 1. The molecule has 0 spiro atoms. The average Bonchev–Trinajstić information content (AvgIpc) is 3.40. The predicted molar refractivity (Wildman–Crippen MR) is 103 cm³/mol. The van der Waals surface area contributed by atoms with E-state index in [0.717, 1.165) is 28.3 Å². The number of hydrogen-bond acceptors (Lipinski definition) is 4. The number of amides is 1. The van der Waals surface area contributed by atoms with Crippen LogP contribution in [0.25, 0.3) is 33.8 Å². The number of carbonyl (C=O) groups excluding carboxylic acids is 1.